The van der Waals surface area contributed by atoms with Crippen LogP contribution < -0.4 is 10.1 Å². The number of benzene rings is 2. The molecule has 162 valence electrons. The number of nitrogens with one attached hydrogen (secondary N) is 1. The number of ether oxygens (including phenoxy) is 1. The fourth-order valence-corrected chi connectivity index (χ4v) is 4.31. The van der Waals surface area contributed by atoms with Gasteiger partial charge in [-0.05, 0) is 96.8 Å². The highest BCUT2D eigenvalue weighted by Gasteiger charge is 2.11. The zero-order valence-corrected chi connectivity index (χ0v) is 19.3. The minimum atomic E-state index is -0.106. The number of rotatable bonds is 7. The van der Waals surface area contributed by atoms with Crippen molar-refractivity contribution >= 4 is 22.9 Å². The van der Waals surface area contributed by atoms with E-state index in [-0.39, 0.29) is 5.91 Å². The Kier molecular flexibility index (Phi) is 6.66. The summed E-state index contributed by atoms with van der Waals surface area (Å²) in [7, 11) is 0. The Morgan fingerprint density at radius 3 is 2.41 bits per heavy atom. The first-order valence-electron chi connectivity index (χ1n) is 10.5. The predicted molar refractivity (Wildman–Crippen MR) is 131 cm³/mol. The van der Waals surface area contributed by atoms with E-state index in [9.17, 15) is 4.79 Å². The Balaban J connectivity index is 1.34. The molecular weight excluding hydrogens is 416 g/mol. The first-order chi connectivity index (χ1) is 15.5. The summed E-state index contributed by atoms with van der Waals surface area (Å²) in [5.41, 5.74) is 7.72. The van der Waals surface area contributed by atoms with Gasteiger partial charge >= 0.3 is 0 Å². The number of aromatic nitrogens is 1. The molecule has 0 bridgehead atoms. The summed E-state index contributed by atoms with van der Waals surface area (Å²) in [4.78, 5) is 17.4. The molecule has 0 atom stereocenters. The van der Waals surface area contributed by atoms with Crippen molar-refractivity contribution in [1.82, 2.24) is 4.98 Å². The van der Waals surface area contributed by atoms with Gasteiger partial charge in [0, 0.05) is 23.6 Å². The summed E-state index contributed by atoms with van der Waals surface area (Å²) in [6.45, 7) is 6.67. The minimum absolute atomic E-state index is 0.106. The number of thiophene rings is 1. The number of nitrogens with zero attached hydrogens (tertiary/aromatic N) is 1. The zero-order valence-electron chi connectivity index (χ0n) is 18.5. The largest absolute Gasteiger partial charge is 0.489 e. The first-order valence-corrected chi connectivity index (χ1v) is 11.4. The minimum Gasteiger partial charge on any atom is -0.489 e. The SMILES string of the molecule is Cc1cc(C)c(C)c(OCc2csc(C(=O)Nc3ccc(Cc4ccncc4)cc3)c2)c1. The highest BCUT2D eigenvalue weighted by Crippen LogP contribution is 2.25. The van der Waals surface area contributed by atoms with E-state index in [4.69, 9.17) is 4.74 Å². The average Bonchev–Trinajstić information content (AvgIpc) is 3.26. The summed E-state index contributed by atoms with van der Waals surface area (Å²) in [6.07, 6.45) is 4.44. The van der Waals surface area contributed by atoms with Crippen LogP contribution in [0.25, 0.3) is 0 Å². The van der Waals surface area contributed by atoms with E-state index in [0.29, 0.717) is 11.5 Å². The number of hydrogen-bond acceptors (Lipinski definition) is 4. The Labute approximate surface area is 192 Å². The van der Waals surface area contributed by atoms with Gasteiger partial charge in [-0.25, -0.2) is 0 Å². The van der Waals surface area contributed by atoms with Gasteiger partial charge in [-0.3, -0.25) is 9.78 Å². The van der Waals surface area contributed by atoms with Gasteiger partial charge < -0.3 is 10.1 Å². The van der Waals surface area contributed by atoms with Crippen molar-refractivity contribution in [1.29, 1.82) is 0 Å². The van der Waals surface area contributed by atoms with Crippen LogP contribution in [0.15, 0.2) is 72.4 Å². The van der Waals surface area contributed by atoms with Crippen molar-refractivity contribution in [3.63, 3.8) is 0 Å². The highest BCUT2D eigenvalue weighted by molar-refractivity contribution is 7.12. The van der Waals surface area contributed by atoms with Gasteiger partial charge in [-0.15, -0.1) is 11.3 Å². The van der Waals surface area contributed by atoms with E-state index in [2.05, 4.69) is 43.2 Å². The van der Waals surface area contributed by atoms with Crippen LogP contribution in [0.4, 0.5) is 5.69 Å². The van der Waals surface area contributed by atoms with Crippen LogP contribution in [0.2, 0.25) is 0 Å². The number of aryl methyl sites for hydroxylation is 2. The summed E-state index contributed by atoms with van der Waals surface area (Å²) in [5.74, 6) is 0.789. The molecule has 0 fully saturated rings. The van der Waals surface area contributed by atoms with Gasteiger partial charge in [-0.2, -0.15) is 0 Å². The number of amides is 1. The van der Waals surface area contributed by atoms with E-state index in [1.54, 1.807) is 12.4 Å². The highest BCUT2D eigenvalue weighted by atomic mass is 32.1. The zero-order chi connectivity index (χ0) is 22.5. The standard InChI is InChI=1S/C27H26N2O2S/c1-18-12-19(2)20(3)25(13-18)31-16-23-15-26(32-17-23)27(30)29-24-6-4-21(5-7-24)14-22-8-10-28-11-9-22/h4-13,15,17H,14,16H2,1-3H3,(H,29,30). The van der Waals surface area contributed by atoms with Gasteiger partial charge in [0.1, 0.15) is 12.4 Å². The molecule has 2 heterocycles. The van der Waals surface area contributed by atoms with E-state index in [1.165, 1.54) is 33.6 Å². The maximum Gasteiger partial charge on any atom is 0.265 e. The molecule has 0 radical (unpaired) electrons. The van der Waals surface area contributed by atoms with Crippen LogP contribution in [-0.2, 0) is 13.0 Å². The lowest BCUT2D eigenvalue weighted by Crippen LogP contribution is -2.10. The molecule has 0 aliphatic rings. The normalized spacial score (nSPS) is 10.7. The Bertz CT molecular complexity index is 1210. The van der Waals surface area contributed by atoms with Gasteiger partial charge in [-0.1, -0.05) is 18.2 Å². The number of carbonyl (C=O) groups is 1. The number of hydrogen-bond donors (Lipinski definition) is 1. The fraction of sp³-hybridized carbons (Fsp3) is 0.185. The van der Waals surface area contributed by atoms with Crippen molar-refractivity contribution in [2.75, 3.05) is 5.32 Å². The fourth-order valence-electron chi connectivity index (χ4n) is 3.52. The molecule has 1 amide bonds. The third-order valence-corrected chi connectivity index (χ3v) is 6.38. The molecule has 0 spiro atoms. The van der Waals surface area contributed by atoms with Crippen LogP contribution in [0, 0.1) is 20.8 Å². The summed E-state index contributed by atoms with van der Waals surface area (Å²) in [6, 6.07) is 18.1. The molecule has 32 heavy (non-hydrogen) atoms. The van der Waals surface area contributed by atoms with Gasteiger partial charge in [0.15, 0.2) is 0 Å². The smallest absolute Gasteiger partial charge is 0.265 e. The lowest BCUT2D eigenvalue weighted by molar-refractivity contribution is 0.103. The van der Waals surface area contributed by atoms with Crippen LogP contribution >= 0.6 is 11.3 Å². The maximum atomic E-state index is 12.7. The molecular formula is C27H26N2O2S. The molecule has 1 N–H and O–H groups in total. The van der Waals surface area contributed by atoms with E-state index in [0.717, 1.165) is 29.0 Å². The second kappa shape index (κ2) is 9.79. The summed E-state index contributed by atoms with van der Waals surface area (Å²) in [5, 5.41) is 4.96. The van der Waals surface area contributed by atoms with E-state index >= 15 is 0 Å². The molecule has 4 nitrogen and oxygen atoms in total. The third-order valence-electron chi connectivity index (χ3n) is 5.41. The molecule has 0 aliphatic carbocycles. The molecule has 0 saturated carbocycles. The van der Waals surface area contributed by atoms with Crippen LogP contribution in [-0.4, -0.2) is 10.9 Å². The second-order valence-electron chi connectivity index (χ2n) is 8.00. The second-order valence-corrected chi connectivity index (χ2v) is 8.91. The van der Waals surface area contributed by atoms with Crippen molar-refractivity contribution in [3.8, 4) is 5.75 Å². The maximum absolute atomic E-state index is 12.7. The Morgan fingerprint density at radius 2 is 1.66 bits per heavy atom. The lowest BCUT2D eigenvalue weighted by Gasteiger charge is -2.11. The van der Waals surface area contributed by atoms with Crippen LogP contribution in [0.3, 0.4) is 0 Å². The van der Waals surface area contributed by atoms with Gasteiger partial charge in [0.05, 0.1) is 4.88 Å². The van der Waals surface area contributed by atoms with E-state index < -0.39 is 0 Å². The molecule has 4 rings (SSSR count). The average molecular weight is 443 g/mol. The van der Waals surface area contributed by atoms with Crippen molar-refractivity contribution in [2.45, 2.75) is 33.8 Å². The molecule has 2 aromatic carbocycles. The third kappa shape index (κ3) is 5.42. The van der Waals surface area contributed by atoms with Crippen LogP contribution in [0.5, 0.6) is 5.75 Å². The topological polar surface area (TPSA) is 51.2 Å². The number of pyridine rings is 1. The quantitative estimate of drug-likeness (QED) is 0.356. The van der Waals surface area contributed by atoms with Crippen LogP contribution in [0.1, 0.15) is 43.1 Å². The monoisotopic (exact) mass is 442 g/mol. The van der Waals surface area contributed by atoms with Gasteiger partial charge in [0.25, 0.3) is 5.91 Å². The molecule has 5 heteroatoms. The first kappa shape index (κ1) is 21.8. The van der Waals surface area contributed by atoms with E-state index in [1.807, 2.05) is 47.8 Å². The predicted octanol–water partition coefficient (Wildman–Crippen LogP) is 6.49. The summed E-state index contributed by atoms with van der Waals surface area (Å²) < 4.78 is 6.03. The van der Waals surface area contributed by atoms with Crippen molar-refractivity contribution in [3.05, 3.63) is 111 Å². The molecule has 0 unspecified atom stereocenters. The Morgan fingerprint density at radius 1 is 0.938 bits per heavy atom. The number of anilines is 1. The molecule has 0 saturated heterocycles. The molecule has 2 aromatic heterocycles. The number of carbonyl (C=O) groups excluding carboxylic acids is 1. The van der Waals surface area contributed by atoms with Gasteiger partial charge in [0.2, 0.25) is 0 Å². The van der Waals surface area contributed by atoms with Crippen molar-refractivity contribution in [2.24, 2.45) is 0 Å². The Hall–Kier alpha value is -3.44. The lowest BCUT2D eigenvalue weighted by atomic mass is 10.1. The van der Waals surface area contributed by atoms with Crippen molar-refractivity contribution < 1.29 is 9.53 Å². The summed E-state index contributed by atoms with van der Waals surface area (Å²) >= 11 is 1.43. The molecule has 0 aliphatic heterocycles. The molecule has 4 aromatic rings.